The van der Waals surface area contributed by atoms with Crippen LogP contribution in [0.2, 0.25) is 0 Å². The van der Waals surface area contributed by atoms with Gasteiger partial charge in [-0.25, -0.2) is 0 Å². The maximum atomic E-state index is 9.48. The number of benzene rings is 2. The van der Waals surface area contributed by atoms with Crippen LogP contribution < -0.4 is 20.9 Å². The number of fused-ring (bicyclic) bond motifs is 1. The number of nitrogen functional groups attached to an aromatic ring is 1. The summed E-state index contributed by atoms with van der Waals surface area (Å²) in [6.45, 7) is 0. The summed E-state index contributed by atoms with van der Waals surface area (Å²) in [7, 11) is 1.60. The third-order valence-electron chi connectivity index (χ3n) is 3.67. The third kappa shape index (κ3) is 2.21. The highest BCUT2D eigenvalue weighted by atomic mass is 16.5. The van der Waals surface area contributed by atoms with Gasteiger partial charge in [-0.2, -0.15) is 5.26 Å². The van der Waals surface area contributed by atoms with Gasteiger partial charge in [-0.1, -0.05) is 18.2 Å². The van der Waals surface area contributed by atoms with E-state index in [1.165, 1.54) is 0 Å². The Bertz CT molecular complexity index is 806. The van der Waals surface area contributed by atoms with Crippen LogP contribution in [0.15, 0.2) is 53.9 Å². The predicted molar refractivity (Wildman–Crippen MR) is 83.1 cm³/mol. The monoisotopic (exact) mass is 293 g/mol. The largest absolute Gasteiger partial charge is 0.497 e. The quantitative estimate of drug-likeness (QED) is 0.830. The second kappa shape index (κ2) is 5.34. The van der Waals surface area contributed by atoms with E-state index in [9.17, 15) is 5.26 Å². The topological polar surface area (TPSA) is 94.3 Å². The first kappa shape index (κ1) is 13.8. The molecule has 5 heteroatoms. The van der Waals surface area contributed by atoms with Crippen molar-refractivity contribution in [3.8, 4) is 17.6 Å². The fraction of sp³-hybridized carbons (Fsp3) is 0.118. The maximum absolute atomic E-state index is 9.48. The highest BCUT2D eigenvalue weighted by Crippen LogP contribution is 2.43. The zero-order valence-electron chi connectivity index (χ0n) is 12.0. The van der Waals surface area contributed by atoms with E-state index in [1.807, 2.05) is 30.3 Å². The van der Waals surface area contributed by atoms with Gasteiger partial charge in [0.2, 0.25) is 5.88 Å². The molecule has 110 valence electrons. The summed E-state index contributed by atoms with van der Waals surface area (Å²) in [6.07, 6.45) is 0. The number of hydrogen-bond donors (Lipinski definition) is 2. The van der Waals surface area contributed by atoms with Gasteiger partial charge in [0, 0.05) is 17.3 Å². The molecule has 1 aliphatic heterocycles. The minimum atomic E-state index is -0.301. The summed E-state index contributed by atoms with van der Waals surface area (Å²) in [5.74, 6) is 1.10. The summed E-state index contributed by atoms with van der Waals surface area (Å²) < 4.78 is 10.8. The van der Waals surface area contributed by atoms with Crippen LogP contribution in [0.25, 0.3) is 0 Å². The Morgan fingerprint density at radius 2 is 2.00 bits per heavy atom. The number of methoxy groups -OCH3 is 1. The van der Waals surface area contributed by atoms with Crippen molar-refractivity contribution in [1.82, 2.24) is 0 Å². The minimum Gasteiger partial charge on any atom is -0.497 e. The van der Waals surface area contributed by atoms with Crippen molar-refractivity contribution in [3.05, 3.63) is 65.0 Å². The molecule has 4 N–H and O–H groups in total. The predicted octanol–water partition coefficient (Wildman–Crippen LogP) is 2.50. The van der Waals surface area contributed by atoms with Crippen LogP contribution >= 0.6 is 0 Å². The van der Waals surface area contributed by atoms with E-state index in [0.29, 0.717) is 17.0 Å². The lowest BCUT2D eigenvalue weighted by molar-refractivity contribution is 0.393. The zero-order valence-corrected chi connectivity index (χ0v) is 12.0. The van der Waals surface area contributed by atoms with Crippen molar-refractivity contribution in [2.24, 2.45) is 5.73 Å². The van der Waals surface area contributed by atoms with E-state index in [4.69, 9.17) is 20.9 Å². The third-order valence-corrected chi connectivity index (χ3v) is 3.67. The number of allylic oxidation sites excluding steroid dienone is 1. The number of hydrogen-bond acceptors (Lipinski definition) is 5. The Morgan fingerprint density at radius 1 is 1.18 bits per heavy atom. The van der Waals surface area contributed by atoms with Crippen molar-refractivity contribution in [1.29, 1.82) is 5.26 Å². The molecule has 0 amide bonds. The molecule has 0 aromatic heterocycles. The van der Waals surface area contributed by atoms with Crippen LogP contribution in [-0.2, 0) is 0 Å². The number of nitriles is 1. The number of nitrogens with zero attached hydrogens (tertiary/aromatic N) is 1. The molecule has 0 fully saturated rings. The molecule has 1 aliphatic rings. The first-order valence-electron chi connectivity index (χ1n) is 6.75. The Morgan fingerprint density at radius 3 is 2.73 bits per heavy atom. The average Bonchev–Trinajstić information content (AvgIpc) is 2.53. The Balaban J connectivity index is 2.21. The van der Waals surface area contributed by atoms with Crippen LogP contribution in [0.1, 0.15) is 17.0 Å². The molecule has 22 heavy (non-hydrogen) atoms. The number of ether oxygens (including phenoxy) is 2. The summed E-state index contributed by atoms with van der Waals surface area (Å²) in [4.78, 5) is 0. The smallest absolute Gasteiger partial charge is 0.205 e. The standard InChI is InChI=1S/C17H15N3O2/c1-21-12-4-2-3-10(7-12)16-13-6-5-11(19)8-15(13)22-17(20)14(16)9-18/h2-8,16H,19-20H2,1H3/t16-/m1/s1. The van der Waals surface area contributed by atoms with Crippen molar-refractivity contribution in [2.45, 2.75) is 5.92 Å². The fourth-order valence-corrected chi connectivity index (χ4v) is 2.64. The highest BCUT2D eigenvalue weighted by Gasteiger charge is 2.30. The second-order valence-electron chi connectivity index (χ2n) is 5.00. The van der Waals surface area contributed by atoms with E-state index in [2.05, 4.69) is 6.07 Å². The molecule has 5 nitrogen and oxygen atoms in total. The van der Waals surface area contributed by atoms with Gasteiger partial charge < -0.3 is 20.9 Å². The summed E-state index contributed by atoms with van der Waals surface area (Å²) >= 11 is 0. The SMILES string of the molecule is COc1cccc([C@H]2C(C#N)=C(N)Oc3cc(N)ccc32)c1. The van der Waals surface area contributed by atoms with Gasteiger partial charge in [-0.15, -0.1) is 0 Å². The summed E-state index contributed by atoms with van der Waals surface area (Å²) in [5, 5.41) is 9.48. The van der Waals surface area contributed by atoms with Gasteiger partial charge in [0.25, 0.3) is 0 Å². The van der Waals surface area contributed by atoms with Crippen LogP contribution in [0.3, 0.4) is 0 Å². The molecule has 0 radical (unpaired) electrons. The zero-order chi connectivity index (χ0) is 15.7. The van der Waals surface area contributed by atoms with Gasteiger partial charge in [-0.3, -0.25) is 0 Å². The van der Waals surface area contributed by atoms with Crippen molar-refractivity contribution < 1.29 is 9.47 Å². The van der Waals surface area contributed by atoms with Crippen LogP contribution in [0.5, 0.6) is 11.5 Å². The van der Waals surface area contributed by atoms with E-state index >= 15 is 0 Å². The average molecular weight is 293 g/mol. The normalized spacial score (nSPS) is 16.5. The lowest BCUT2D eigenvalue weighted by atomic mass is 9.83. The first-order chi connectivity index (χ1) is 10.6. The molecule has 3 rings (SSSR count). The molecule has 1 heterocycles. The summed E-state index contributed by atoms with van der Waals surface area (Å²) in [6, 6.07) is 15.1. The molecule has 0 spiro atoms. The second-order valence-corrected chi connectivity index (χ2v) is 5.00. The minimum absolute atomic E-state index is 0.105. The molecule has 0 aliphatic carbocycles. The number of rotatable bonds is 2. The Hall–Kier alpha value is -3.13. The van der Waals surface area contributed by atoms with Crippen molar-refractivity contribution in [2.75, 3.05) is 12.8 Å². The molecule has 1 atom stereocenters. The number of nitrogens with two attached hydrogens (primary N) is 2. The van der Waals surface area contributed by atoms with E-state index in [0.717, 1.165) is 16.9 Å². The Labute approximate surface area is 128 Å². The van der Waals surface area contributed by atoms with Gasteiger partial charge >= 0.3 is 0 Å². The highest BCUT2D eigenvalue weighted by molar-refractivity contribution is 5.59. The maximum Gasteiger partial charge on any atom is 0.205 e. The molecule has 0 unspecified atom stereocenters. The van der Waals surface area contributed by atoms with Crippen LogP contribution in [0.4, 0.5) is 5.69 Å². The lowest BCUT2D eigenvalue weighted by Crippen LogP contribution is -2.21. The molecule has 0 saturated carbocycles. The van der Waals surface area contributed by atoms with Crippen molar-refractivity contribution in [3.63, 3.8) is 0 Å². The summed E-state index contributed by atoms with van der Waals surface area (Å²) in [5.41, 5.74) is 14.4. The van der Waals surface area contributed by atoms with E-state index in [-0.39, 0.29) is 11.8 Å². The van der Waals surface area contributed by atoms with Gasteiger partial charge in [0.15, 0.2) is 0 Å². The van der Waals surface area contributed by atoms with Gasteiger partial charge in [-0.05, 0) is 23.8 Å². The number of anilines is 1. The van der Waals surface area contributed by atoms with E-state index < -0.39 is 0 Å². The molecule has 0 bridgehead atoms. The van der Waals surface area contributed by atoms with Crippen LogP contribution in [0, 0.1) is 11.3 Å². The molecular weight excluding hydrogens is 278 g/mol. The molecule has 0 saturated heterocycles. The van der Waals surface area contributed by atoms with Crippen molar-refractivity contribution >= 4 is 5.69 Å². The molecule has 2 aromatic carbocycles. The van der Waals surface area contributed by atoms with Gasteiger partial charge in [0.1, 0.15) is 23.1 Å². The molecule has 2 aromatic rings. The van der Waals surface area contributed by atoms with Crippen LogP contribution in [-0.4, -0.2) is 7.11 Å². The lowest BCUT2D eigenvalue weighted by Gasteiger charge is -2.26. The molecular formula is C17H15N3O2. The first-order valence-corrected chi connectivity index (χ1v) is 6.75. The van der Waals surface area contributed by atoms with E-state index in [1.54, 1.807) is 19.2 Å². The fourth-order valence-electron chi connectivity index (χ4n) is 2.64. The Kier molecular flexibility index (Phi) is 3.36. The van der Waals surface area contributed by atoms with Gasteiger partial charge in [0.05, 0.1) is 13.0 Å².